The molecule has 1 heterocycles. The number of carbonyl (C=O) groups is 3. The summed E-state index contributed by atoms with van der Waals surface area (Å²) >= 11 is 0. The van der Waals surface area contributed by atoms with Gasteiger partial charge in [-0.1, -0.05) is 30.3 Å². The lowest BCUT2D eigenvalue weighted by Gasteiger charge is -2.26. The summed E-state index contributed by atoms with van der Waals surface area (Å²) in [5.74, 6) is 0.366. The molecule has 0 spiro atoms. The summed E-state index contributed by atoms with van der Waals surface area (Å²) in [6, 6.07) is 8.56. The van der Waals surface area contributed by atoms with Gasteiger partial charge in [-0.3, -0.25) is 0 Å². The molecule has 2 amide bonds. The van der Waals surface area contributed by atoms with Crippen LogP contribution in [-0.4, -0.2) is 54.9 Å². The molecular weight excluding hydrogens is 412 g/mol. The summed E-state index contributed by atoms with van der Waals surface area (Å²) in [7, 11) is 1.31. The molecule has 1 aliphatic heterocycles. The van der Waals surface area contributed by atoms with Gasteiger partial charge in [-0.05, 0) is 63.4 Å². The smallest absolute Gasteiger partial charge is 0.410 e. The van der Waals surface area contributed by atoms with Crippen LogP contribution in [0.4, 0.5) is 9.59 Å². The lowest BCUT2D eigenvalue weighted by molar-refractivity contribution is -0.143. The first-order valence-electron chi connectivity index (χ1n) is 11.2. The van der Waals surface area contributed by atoms with E-state index in [0.29, 0.717) is 25.4 Å². The molecule has 1 saturated heterocycles. The van der Waals surface area contributed by atoms with Crippen molar-refractivity contribution in [2.45, 2.75) is 58.3 Å². The number of alkyl carbamates (subject to hydrolysis) is 1. The number of carbonyl (C=O) groups excluding carboxylic acids is 3. The molecule has 176 valence electrons. The highest BCUT2D eigenvalue weighted by molar-refractivity contribution is 5.81. The first-order valence-corrected chi connectivity index (χ1v) is 11.2. The maximum absolute atomic E-state index is 12.5. The van der Waals surface area contributed by atoms with Crippen LogP contribution < -0.4 is 5.32 Å². The third kappa shape index (κ3) is 6.37. The van der Waals surface area contributed by atoms with E-state index >= 15 is 0 Å². The Hall–Kier alpha value is -2.77. The second-order valence-electron chi connectivity index (χ2n) is 9.66. The van der Waals surface area contributed by atoms with Gasteiger partial charge in [-0.2, -0.15) is 0 Å². The first kappa shape index (κ1) is 23.9. The minimum Gasteiger partial charge on any atom is -0.467 e. The molecular formula is C24H34N2O6. The highest BCUT2D eigenvalue weighted by Gasteiger charge is 2.46. The molecule has 1 unspecified atom stereocenters. The maximum Gasteiger partial charge on any atom is 0.410 e. The summed E-state index contributed by atoms with van der Waals surface area (Å²) < 4.78 is 15.7. The third-order valence-electron chi connectivity index (χ3n) is 6.19. The van der Waals surface area contributed by atoms with Crippen LogP contribution in [-0.2, 0) is 25.6 Å². The zero-order valence-electron chi connectivity index (χ0n) is 19.3. The molecule has 4 atom stereocenters. The number of rotatable bonds is 6. The molecule has 8 nitrogen and oxygen atoms in total. The molecule has 2 aliphatic rings. The highest BCUT2D eigenvalue weighted by atomic mass is 16.6. The van der Waals surface area contributed by atoms with Crippen molar-refractivity contribution in [3.8, 4) is 0 Å². The van der Waals surface area contributed by atoms with Crippen molar-refractivity contribution >= 4 is 18.2 Å². The van der Waals surface area contributed by atoms with Crippen molar-refractivity contribution in [2.75, 3.05) is 20.2 Å². The van der Waals surface area contributed by atoms with E-state index in [2.05, 4.69) is 5.32 Å². The number of methoxy groups -OCH3 is 1. The standard InChI is InChI=1S/C24H34N2O6/c1-24(2,3)32-23(29)26-13-18-11-10-17(19(18)14-26)12-20(21(27)30-4)25-22(28)31-15-16-8-6-5-7-9-16/h5-9,17-20H,10-15H2,1-4H3,(H,25,28)/t17?,18-,19-,20-/m0/s1. The van der Waals surface area contributed by atoms with Gasteiger partial charge < -0.3 is 24.4 Å². The Kier molecular flexibility index (Phi) is 7.64. The Bertz CT molecular complexity index is 806. The molecule has 8 heteroatoms. The summed E-state index contributed by atoms with van der Waals surface area (Å²) in [5.41, 5.74) is 0.331. The summed E-state index contributed by atoms with van der Waals surface area (Å²) in [4.78, 5) is 38.9. The van der Waals surface area contributed by atoms with Crippen LogP contribution in [0.3, 0.4) is 0 Å². The summed E-state index contributed by atoms with van der Waals surface area (Å²) in [6.07, 6.45) is 1.45. The van der Waals surface area contributed by atoms with Gasteiger partial charge in [0.05, 0.1) is 7.11 Å². The largest absolute Gasteiger partial charge is 0.467 e. The Morgan fingerprint density at radius 1 is 1.12 bits per heavy atom. The second kappa shape index (κ2) is 10.2. The fraction of sp³-hybridized carbons (Fsp3) is 0.625. The number of nitrogens with one attached hydrogen (secondary N) is 1. The Labute approximate surface area is 189 Å². The Morgan fingerprint density at radius 3 is 2.50 bits per heavy atom. The molecule has 1 aromatic carbocycles. The van der Waals surface area contributed by atoms with Crippen LogP contribution in [0.5, 0.6) is 0 Å². The molecule has 0 bridgehead atoms. The van der Waals surface area contributed by atoms with Crippen molar-refractivity contribution in [2.24, 2.45) is 17.8 Å². The van der Waals surface area contributed by atoms with E-state index in [0.717, 1.165) is 18.4 Å². The molecule has 1 N–H and O–H groups in total. The van der Waals surface area contributed by atoms with Crippen LogP contribution in [0.2, 0.25) is 0 Å². The van der Waals surface area contributed by atoms with Gasteiger partial charge in [0, 0.05) is 13.1 Å². The summed E-state index contributed by atoms with van der Waals surface area (Å²) in [5, 5.41) is 2.67. The fourth-order valence-electron chi connectivity index (χ4n) is 4.71. The number of hydrogen-bond acceptors (Lipinski definition) is 6. The Balaban J connectivity index is 1.55. The molecule has 0 radical (unpaired) electrons. The van der Waals surface area contributed by atoms with Gasteiger partial charge in [-0.15, -0.1) is 0 Å². The van der Waals surface area contributed by atoms with E-state index in [-0.39, 0.29) is 24.5 Å². The normalized spacial score (nSPS) is 23.2. The van der Waals surface area contributed by atoms with Crippen molar-refractivity contribution in [1.29, 1.82) is 0 Å². The van der Waals surface area contributed by atoms with Gasteiger partial charge in [0.2, 0.25) is 0 Å². The van der Waals surface area contributed by atoms with Gasteiger partial charge in [0.25, 0.3) is 0 Å². The van der Waals surface area contributed by atoms with Gasteiger partial charge in [0.15, 0.2) is 0 Å². The number of amides is 2. The number of hydrogen-bond donors (Lipinski definition) is 1. The van der Waals surface area contributed by atoms with E-state index in [1.165, 1.54) is 7.11 Å². The number of benzene rings is 1. The lowest BCUT2D eigenvalue weighted by Crippen LogP contribution is -2.43. The van der Waals surface area contributed by atoms with Crippen molar-refractivity contribution in [3.05, 3.63) is 35.9 Å². The molecule has 1 saturated carbocycles. The zero-order valence-corrected chi connectivity index (χ0v) is 19.3. The van der Waals surface area contributed by atoms with Crippen LogP contribution in [0.15, 0.2) is 30.3 Å². The van der Waals surface area contributed by atoms with Gasteiger partial charge in [-0.25, -0.2) is 14.4 Å². The van der Waals surface area contributed by atoms with E-state index in [9.17, 15) is 14.4 Å². The van der Waals surface area contributed by atoms with Crippen LogP contribution in [0.1, 0.15) is 45.6 Å². The van der Waals surface area contributed by atoms with Gasteiger partial charge >= 0.3 is 18.2 Å². The second-order valence-corrected chi connectivity index (χ2v) is 9.66. The number of likely N-dealkylation sites (tertiary alicyclic amines) is 1. The number of fused-ring (bicyclic) bond motifs is 1. The predicted molar refractivity (Wildman–Crippen MR) is 118 cm³/mol. The van der Waals surface area contributed by atoms with Gasteiger partial charge in [0.1, 0.15) is 18.2 Å². The van der Waals surface area contributed by atoms with E-state index in [1.807, 2.05) is 51.1 Å². The van der Waals surface area contributed by atoms with E-state index in [1.54, 1.807) is 4.90 Å². The third-order valence-corrected chi connectivity index (χ3v) is 6.19. The molecule has 3 rings (SSSR count). The minimum absolute atomic E-state index is 0.125. The van der Waals surface area contributed by atoms with Crippen molar-refractivity contribution in [3.63, 3.8) is 0 Å². The Morgan fingerprint density at radius 2 is 1.84 bits per heavy atom. The quantitative estimate of drug-likeness (QED) is 0.529. The number of esters is 1. The predicted octanol–water partition coefficient (Wildman–Crippen LogP) is 3.74. The maximum atomic E-state index is 12.5. The van der Waals surface area contributed by atoms with Crippen molar-refractivity contribution in [1.82, 2.24) is 10.2 Å². The number of nitrogens with zero attached hydrogens (tertiary/aromatic N) is 1. The molecule has 1 aliphatic carbocycles. The first-order chi connectivity index (χ1) is 15.2. The highest BCUT2D eigenvalue weighted by Crippen LogP contribution is 2.44. The minimum atomic E-state index is -0.789. The lowest BCUT2D eigenvalue weighted by atomic mass is 9.87. The van der Waals surface area contributed by atoms with Crippen LogP contribution in [0, 0.1) is 17.8 Å². The zero-order chi connectivity index (χ0) is 23.3. The van der Waals surface area contributed by atoms with Crippen LogP contribution in [0.25, 0.3) is 0 Å². The number of ether oxygens (including phenoxy) is 3. The summed E-state index contributed by atoms with van der Waals surface area (Å²) in [6.45, 7) is 6.97. The topological polar surface area (TPSA) is 94.2 Å². The SMILES string of the molecule is COC(=O)[C@H](CC1CC[C@H]2CN(C(=O)OC(C)(C)C)C[C@@H]12)NC(=O)OCc1ccccc1. The average Bonchev–Trinajstić information content (AvgIpc) is 3.32. The average molecular weight is 447 g/mol. The van der Waals surface area contributed by atoms with E-state index < -0.39 is 23.7 Å². The van der Waals surface area contributed by atoms with E-state index in [4.69, 9.17) is 14.2 Å². The van der Waals surface area contributed by atoms with Crippen molar-refractivity contribution < 1.29 is 28.6 Å². The molecule has 0 aromatic heterocycles. The molecule has 1 aromatic rings. The molecule has 2 fully saturated rings. The fourth-order valence-corrected chi connectivity index (χ4v) is 4.71. The van der Waals surface area contributed by atoms with Crippen LogP contribution >= 0.6 is 0 Å². The monoisotopic (exact) mass is 446 g/mol. The molecule has 32 heavy (non-hydrogen) atoms.